The summed E-state index contributed by atoms with van der Waals surface area (Å²) in [5, 5.41) is 0. The van der Waals surface area contributed by atoms with Crippen LogP contribution in [0.3, 0.4) is 0 Å². The van der Waals surface area contributed by atoms with Gasteiger partial charge in [0.05, 0.1) is 12.0 Å². The van der Waals surface area contributed by atoms with E-state index in [1.54, 1.807) is 6.07 Å². The fourth-order valence-electron chi connectivity index (χ4n) is 4.11. The van der Waals surface area contributed by atoms with Crippen molar-refractivity contribution >= 4 is 11.9 Å². The fraction of sp³-hybridized carbons (Fsp3) is 0.364. The average Bonchev–Trinajstić information content (AvgIpc) is 3.33. The van der Waals surface area contributed by atoms with E-state index >= 15 is 0 Å². The summed E-state index contributed by atoms with van der Waals surface area (Å²) >= 11 is 0. The van der Waals surface area contributed by atoms with Crippen molar-refractivity contribution in [2.75, 3.05) is 33.0 Å². The maximum absolute atomic E-state index is 12.7. The second-order valence-electron chi connectivity index (χ2n) is 7.53. The van der Waals surface area contributed by atoms with Crippen LogP contribution in [0.1, 0.15) is 34.0 Å². The first-order valence-electron chi connectivity index (χ1n) is 9.86. The SMILES string of the molecule is O=C1O[C@H](CC(=O)N2CCN(Cc3ccc4c(c3)OCO4)CC2)c2ccccc21. The lowest BCUT2D eigenvalue weighted by molar-refractivity contribution is -0.135. The van der Waals surface area contributed by atoms with Gasteiger partial charge in [0, 0.05) is 38.3 Å². The largest absolute Gasteiger partial charge is 0.454 e. The Bertz CT molecular complexity index is 952. The molecule has 1 saturated heterocycles. The molecule has 5 rings (SSSR count). The van der Waals surface area contributed by atoms with Crippen molar-refractivity contribution in [1.82, 2.24) is 9.80 Å². The number of nitrogens with zero attached hydrogens (tertiary/aromatic N) is 2. The number of fused-ring (bicyclic) bond motifs is 2. The van der Waals surface area contributed by atoms with Crippen molar-refractivity contribution in [3.63, 3.8) is 0 Å². The van der Waals surface area contributed by atoms with Crippen LogP contribution in [0.2, 0.25) is 0 Å². The number of amides is 1. The van der Waals surface area contributed by atoms with E-state index in [0.717, 1.165) is 36.7 Å². The molecule has 0 radical (unpaired) electrons. The molecule has 1 atom stereocenters. The van der Waals surface area contributed by atoms with E-state index in [9.17, 15) is 9.59 Å². The van der Waals surface area contributed by atoms with E-state index in [1.165, 1.54) is 5.56 Å². The second-order valence-corrected chi connectivity index (χ2v) is 7.53. The number of carbonyl (C=O) groups excluding carboxylic acids is 2. The monoisotopic (exact) mass is 394 g/mol. The maximum Gasteiger partial charge on any atom is 0.339 e. The molecule has 0 aliphatic carbocycles. The molecular weight excluding hydrogens is 372 g/mol. The molecule has 3 aliphatic heterocycles. The van der Waals surface area contributed by atoms with Gasteiger partial charge < -0.3 is 19.1 Å². The van der Waals surface area contributed by atoms with Gasteiger partial charge in [0.25, 0.3) is 0 Å². The first kappa shape index (κ1) is 18.0. The van der Waals surface area contributed by atoms with E-state index in [-0.39, 0.29) is 25.1 Å². The van der Waals surface area contributed by atoms with Gasteiger partial charge in [0.15, 0.2) is 11.5 Å². The third-order valence-electron chi connectivity index (χ3n) is 5.71. The summed E-state index contributed by atoms with van der Waals surface area (Å²) in [6.45, 7) is 4.05. The van der Waals surface area contributed by atoms with Crippen molar-refractivity contribution in [2.24, 2.45) is 0 Å². The minimum absolute atomic E-state index is 0.0298. The van der Waals surface area contributed by atoms with Gasteiger partial charge in [-0.05, 0) is 23.8 Å². The van der Waals surface area contributed by atoms with Crippen LogP contribution >= 0.6 is 0 Å². The van der Waals surface area contributed by atoms with Crippen molar-refractivity contribution in [3.8, 4) is 11.5 Å². The van der Waals surface area contributed by atoms with E-state index in [1.807, 2.05) is 35.2 Å². The van der Waals surface area contributed by atoms with Crippen molar-refractivity contribution in [2.45, 2.75) is 19.1 Å². The average molecular weight is 394 g/mol. The van der Waals surface area contributed by atoms with Crippen LogP contribution in [0.15, 0.2) is 42.5 Å². The normalized spacial score (nSPS) is 20.5. The third kappa shape index (κ3) is 3.53. The molecule has 0 bridgehead atoms. The van der Waals surface area contributed by atoms with Crippen LogP contribution in [0.25, 0.3) is 0 Å². The highest BCUT2D eigenvalue weighted by Gasteiger charge is 2.33. The highest BCUT2D eigenvalue weighted by molar-refractivity contribution is 5.94. The lowest BCUT2D eigenvalue weighted by Gasteiger charge is -2.35. The molecule has 29 heavy (non-hydrogen) atoms. The van der Waals surface area contributed by atoms with Gasteiger partial charge in [-0.1, -0.05) is 24.3 Å². The lowest BCUT2D eigenvalue weighted by atomic mass is 10.0. The number of esters is 1. The molecule has 0 spiro atoms. The number of hydrogen-bond acceptors (Lipinski definition) is 6. The highest BCUT2D eigenvalue weighted by Crippen LogP contribution is 2.34. The van der Waals surface area contributed by atoms with Crippen LogP contribution < -0.4 is 9.47 Å². The van der Waals surface area contributed by atoms with Crippen molar-refractivity contribution in [1.29, 1.82) is 0 Å². The van der Waals surface area contributed by atoms with Crippen LogP contribution in [0, 0.1) is 0 Å². The second kappa shape index (κ2) is 7.40. The topological polar surface area (TPSA) is 68.3 Å². The summed E-state index contributed by atoms with van der Waals surface area (Å²) in [6, 6.07) is 13.3. The van der Waals surface area contributed by atoms with Crippen LogP contribution in [0.4, 0.5) is 0 Å². The zero-order chi connectivity index (χ0) is 19.8. The van der Waals surface area contributed by atoms with E-state index in [0.29, 0.717) is 18.7 Å². The molecule has 3 aliphatic rings. The first-order valence-corrected chi connectivity index (χ1v) is 9.86. The molecular formula is C22H22N2O5. The van der Waals surface area contributed by atoms with Gasteiger partial charge in [-0.2, -0.15) is 0 Å². The summed E-state index contributed by atoms with van der Waals surface area (Å²) in [5.74, 6) is 1.27. The number of hydrogen-bond donors (Lipinski definition) is 0. The van der Waals surface area contributed by atoms with E-state index in [4.69, 9.17) is 14.2 Å². The van der Waals surface area contributed by atoms with Gasteiger partial charge in [-0.25, -0.2) is 4.79 Å². The molecule has 0 aromatic heterocycles. The Morgan fingerprint density at radius 3 is 2.66 bits per heavy atom. The molecule has 0 unspecified atom stereocenters. The molecule has 1 fully saturated rings. The third-order valence-corrected chi connectivity index (χ3v) is 5.71. The number of cyclic esters (lactones) is 1. The number of benzene rings is 2. The molecule has 7 heteroatoms. The fourth-order valence-corrected chi connectivity index (χ4v) is 4.11. The molecule has 3 heterocycles. The molecule has 2 aromatic carbocycles. The molecule has 7 nitrogen and oxygen atoms in total. The Morgan fingerprint density at radius 2 is 1.79 bits per heavy atom. The van der Waals surface area contributed by atoms with E-state index in [2.05, 4.69) is 11.0 Å². The Morgan fingerprint density at radius 1 is 1.00 bits per heavy atom. The molecule has 150 valence electrons. The quantitative estimate of drug-likeness (QED) is 0.742. The summed E-state index contributed by atoms with van der Waals surface area (Å²) in [5.41, 5.74) is 2.55. The zero-order valence-electron chi connectivity index (χ0n) is 16.0. The number of piperazine rings is 1. The smallest absolute Gasteiger partial charge is 0.339 e. The maximum atomic E-state index is 12.7. The highest BCUT2D eigenvalue weighted by atomic mass is 16.7. The Labute approximate surface area is 168 Å². The first-order chi connectivity index (χ1) is 14.2. The van der Waals surface area contributed by atoms with Gasteiger partial charge >= 0.3 is 5.97 Å². The molecule has 2 aromatic rings. The number of carbonyl (C=O) groups is 2. The van der Waals surface area contributed by atoms with Crippen LogP contribution in [0.5, 0.6) is 11.5 Å². The lowest BCUT2D eigenvalue weighted by Crippen LogP contribution is -2.48. The Hall–Kier alpha value is -3.06. The number of ether oxygens (including phenoxy) is 3. The van der Waals surface area contributed by atoms with E-state index < -0.39 is 6.10 Å². The molecule has 0 saturated carbocycles. The van der Waals surface area contributed by atoms with Crippen LogP contribution in [-0.2, 0) is 16.1 Å². The predicted octanol–water partition coefficient (Wildman–Crippen LogP) is 2.36. The molecule has 0 N–H and O–H groups in total. The summed E-state index contributed by atoms with van der Waals surface area (Å²) in [4.78, 5) is 28.9. The zero-order valence-corrected chi connectivity index (χ0v) is 16.0. The van der Waals surface area contributed by atoms with Crippen molar-refractivity contribution < 1.29 is 23.8 Å². The standard InChI is InChI=1S/C22H22N2O5/c25-21(12-19-16-3-1-2-4-17(16)22(26)29-19)24-9-7-23(8-10-24)13-15-5-6-18-20(11-15)28-14-27-18/h1-6,11,19H,7-10,12-14H2/t19-/m1/s1. The number of rotatable bonds is 4. The van der Waals surface area contributed by atoms with Crippen molar-refractivity contribution in [3.05, 3.63) is 59.2 Å². The van der Waals surface area contributed by atoms with Gasteiger partial charge in [0.2, 0.25) is 12.7 Å². The van der Waals surface area contributed by atoms with Gasteiger partial charge in [-0.15, -0.1) is 0 Å². The van der Waals surface area contributed by atoms with Gasteiger partial charge in [0.1, 0.15) is 6.10 Å². The summed E-state index contributed by atoms with van der Waals surface area (Å²) in [6.07, 6.45) is -0.275. The minimum atomic E-state index is -0.474. The Balaban J connectivity index is 1.15. The Kier molecular flexibility index (Phi) is 4.60. The predicted molar refractivity (Wildman–Crippen MR) is 104 cm³/mol. The van der Waals surface area contributed by atoms with Crippen LogP contribution in [-0.4, -0.2) is 54.6 Å². The minimum Gasteiger partial charge on any atom is -0.454 e. The summed E-state index contributed by atoms with van der Waals surface area (Å²) < 4.78 is 16.2. The van der Waals surface area contributed by atoms with Gasteiger partial charge in [-0.3, -0.25) is 9.69 Å². The molecule has 1 amide bonds. The summed E-state index contributed by atoms with van der Waals surface area (Å²) in [7, 11) is 0.